The van der Waals surface area contributed by atoms with Crippen molar-refractivity contribution in [3.8, 4) is 0 Å². The van der Waals surface area contributed by atoms with Gasteiger partial charge in [0.05, 0.1) is 15.5 Å². The Kier molecular flexibility index (Phi) is 6.86. The summed E-state index contributed by atoms with van der Waals surface area (Å²) >= 11 is 6.34. The molecule has 8 heteroatoms. The largest absolute Gasteiger partial charge is 0.368 e. The zero-order valence-electron chi connectivity index (χ0n) is 19.5. The lowest BCUT2D eigenvalue weighted by atomic mass is 10.1. The van der Waals surface area contributed by atoms with Gasteiger partial charge in [0.1, 0.15) is 0 Å². The van der Waals surface area contributed by atoms with Crippen molar-refractivity contribution in [2.45, 2.75) is 25.7 Å². The van der Waals surface area contributed by atoms with Gasteiger partial charge in [0, 0.05) is 37.6 Å². The van der Waals surface area contributed by atoms with E-state index < -0.39 is 10.0 Å². The molecule has 0 saturated carbocycles. The van der Waals surface area contributed by atoms with Gasteiger partial charge in [0.2, 0.25) is 0 Å². The van der Waals surface area contributed by atoms with Gasteiger partial charge < -0.3 is 9.80 Å². The Bertz CT molecular complexity index is 1320. The molecule has 0 radical (unpaired) electrons. The molecule has 0 aliphatic carbocycles. The summed E-state index contributed by atoms with van der Waals surface area (Å²) in [5.41, 5.74) is 5.23. The van der Waals surface area contributed by atoms with Crippen LogP contribution in [0.3, 0.4) is 0 Å². The zero-order chi connectivity index (χ0) is 24.5. The number of rotatable bonds is 5. The highest BCUT2D eigenvalue weighted by molar-refractivity contribution is 7.92. The third kappa shape index (κ3) is 5.05. The molecule has 1 saturated heterocycles. The number of halogens is 1. The number of anilines is 2. The highest BCUT2D eigenvalue weighted by Gasteiger charge is 2.25. The lowest BCUT2D eigenvalue weighted by molar-refractivity contribution is 0.0747. The third-order valence-electron chi connectivity index (χ3n) is 6.26. The molecule has 1 fully saturated rings. The minimum absolute atomic E-state index is 0.156. The highest BCUT2D eigenvalue weighted by atomic mass is 35.5. The van der Waals surface area contributed by atoms with Crippen molar-refractivity contribution in [2.24, 2.45) is 0 Å². The van der Waals surface area contributed by atoms with E-state index in [1.165, 1.54) is 22.9 Å². The molecule has 1 heterocycles. The minimum Gasteiger partial charge on any atom is -0.368 e. The maximum Gasteiger partial charge on any atom is 0.261 e. The standard InChI is InChI=1S/C26H28ClN3O3S/c1-18-7-10-22(11-8-18)34(32,33)28-21-9-12-24(27)23(17-21)26(31)30-15-13-29(14-16-30)25-6-4-5-19(2)20(25)3/h4-12,17,28H,13-16H2,1-3H3. The SMILES string of the molecule is Cc1ccc(S(=O)(=O)Nc2ccc(Cl)c(C(=O)N3CCN(c4cccc(C)c4C)CC3)c2)cc1. The van der Waals surface area contributed by atoms with Crippen LogP contribution >= 0.6 is 11.6 Å². The quantitative estimate of drug-likeness (QED) is 0.537. The Morgan fingerprint density at radius 3 is 2.26 bits per heavy atom. The Labute approximate surface area is 206 Å². The van der Waals surface area contributed by atoms with Gasteiger partial charge in [-0.2, -0.15) is 0 Å². The van der Waals surface area contributed by atoms with Crippen LogP contribution in [-0.2, 0) is 10.0 Å². The number of carbonyl (C=O) groups excluding carboxylic acids is 1. The van der Waals surface area contributed by atoms with Crippen LogP contribution in [0.25, 0.3) is 0 Å². The maximum absolute atomic E-state index is 13.3. The molecule has 1 N–H and O–H groups in total. The third-order valence-corrected chi connectivity index (χ3v) is 7.99. The first-order valence-electron chi connectivity index (χ1n) is 11.2. The van der Waals surface area contributed by atoms with E-state index in [1.807, 2.05) is 6.92 Å². The molecule has 4 rings (SSSR count). The van der Waals surface area contributed by atoms with E-state index in [-0.39, 0.29) is 16.4 Å². The van der Waals surface area contributed by atoms with Crippen molar-refractivity contribution in [3.05, 3.63) is 87.9 Å². The van der Waals surface area contributed by atoms with E-state index in [0.717, 1.165) is 5.56 Å². The van der Waals surface area contributed by atoms with Crippen LogP contribution < -0.4 is 9.62 Å². The van der Waals surface area contributed by atoms with Gasteiger partial charge in [-0.1, -0.05) is 41.4 Å². The monoisotopic (exact) mass is 497 g/mol. The van der Waals surface area contributed by atoms with E-state index in [2.05, 4.69) is 41.7 Å². The van der Waals surface area contributed by atoms with Crippen LogP contribution in [0.1, 0.15) is 27.0 Å². The van der Waals surface area contributed by atoms with Crippen LogP contribution in [0.5, 0.6) is 0 Å². The number of sulfonamides is 1. The van der Waals surface area contributed by atoms with Crippen molar-refractivity contribution in [3.63, 3.8) is 0 Å². The lowest BCUT2D eigenvalue weighted by Gasteiger charge is -2.37. The molecular weight excluding hydrogens is 470 g/mol. The van der Waals surface area contributed by atoms with Crippen LogP contribution in [0.2, 0.25) is 5.02 Å². The van der Waals surface area contributed by atoms with Crippen LogP contribution in [0.15, 0.2) is 65.6 Å². The molecular formula is C26H28ClN3O3S. The number of nitrogens with zero attached hydrogens (tertiary/aromatic N) is 2. The Balaban J connectivity index is 1.48. The second kappa shape index (κ2) is 9.68. The van der Waals surface area contributed by atoms with Crippen molar-refractivity contribution in [2.75, 3.05) is 35.8 Å². The second-order valence-corrected chi connectivity index (χ2v) is 10.7. The second-order valence-electron chi connectivity index (χ2n) is 8.61. The van der Waals surface area contributed by atoms with E-state index in [0.29, 0.717) is 36.9 Å². The zero-order valence-corrected chi connectivity index (χ0v) is 21.1. The van der Waals surface area contributed by atoms with E-state index in [1.54, 1.807) is 41.3 Å². The van der Waals surface area contributed by atoms with E-state index >= 15 is 0 Å². The normalized spacial score (nSPS) is 14.2. The van der Waals surface area contributed by atoms with Crippen molar-refractivity contribution in [1.29, 1.82) is 0 Å². The summed E-state index contributed by atoms with van der Waals surface area (Å²) in [6, 6.07) is 17.5. The van der Waals surface area contributed by atoms with Gasteiger partial charge in [0.25, 0.3) is 15.9 Å². The molecule has 3 aromatic carbocycles. The summed E-state index contributed by atoms with van der Waals surface area (Å²) in [5, 5.41) is 0.292. The molecule has 1 aliphatic heterocycles. The summed E-state index contributed by atoms with van der Waals surface area (Å²) in [5.74, 6) is -0.206. The molecule has 6 nitrogen and oxygen atoms in total. The molecule has 0 atom stereocenters. The van der Waals surface area contributed by atoms with Gasteiger partial charge in [-0.3, -0.25) is 9.52 Å². The summed E-state index contributed by atoms with van der Waals surface area (Å²) in [6.07, 6.45) is 0. The fraction of sp³-hybridized carbons (Fsp3) is 0.269. The van der Waals surface area contributed by atoms with Crippen LogP contribution in [0.4, 0.5) is 11.4 Å². The fourth-order valence-corrected chi connectivity index (χ4v) is 5.33. The van der Waals surface area contributed by atoms with Crippen LogP contribution in [-0.4, -0.2) is 45.4 Å². The molecule has 1 aliphatic rings. The van der Waals surface area contributed by atoms with Gasteiger partial charge in [-0.25, -0.2) is 8.42 Å². The number of aryl methyl sites for hydroxylation is 2. The number of nitrogens with one attached hydrogen (secondary N) is 1. The number of hydrogen-bond donors (Lipinski definition) is 1. The number of piperazine rings is 1. The Morgan fingerprint density at radius 2 is 1.59 bits per heavy atom. The Morgan fingerprint density at radius 1 is 0.912 bits per heavy atom. The first-order valence-corrected chi connectivity index (χ1v) is 13.0. The van der Waals surface area contributed by atoms with Crippen molar-refractivity contribution in [1.82, 2.24) is 4.90 Å². The predicted octanol–water partition coefficient (Wildman–Crippen LogP) is 5.03. The fourth-order valence-electron chi connectivity index (χ4n) is 4.08. The molecule has 0 unspecified atom stereocenters. The first-order chi connectivity index (χ1) is 16.2. The summed E-state index contributed by atoms with van der Waals surface area (Å²) < 4.78 is 28.1. The number of benzene rings is 3. The van der Waals surface area contributed by atoms with Gasteiger partial charge >= 0.3 is 0 Å². The molecule has 1 amide bonds. The number of amides is 1. The molecule has 178 valence electrons. The average Bonchev–Trinajstić information content (AvgIpc) is 2.82. The van der Waals surface area contributed by atoms with E-state index in [9.17, 15) is 13.2 Å². The van der Waals surface area contributed by atoms with Crippen molar-refractivity contribution < 1.29 is 13.2 Å². The predicted molar refractivity (Wildman–Crippen MR) is 137 cm³/mol. The highest BCUT2D eigenvalue weighted by Crippen LogP contribution is 2.27. The molecule has 0 spiro atoms. The van der Waals surface area contributed by atoms with Gasteiger partial charge in [-0.05, 0) is 68.3 Å². The molecule has 3 aromatic rings. The van der Waals surface area contributed by atoms with Crippen molar-refractivity contribution >= 4 is 38.9 Å². The van der Waals surface area contributed by atoms with Crippen LogP contribution in [0, 0.1) is 20.8 Å². The topological polar surface area (TPSA) is 69.7 Å². The summed E-state index contributed by atoms with van der Waals surface area (Å²) in [6.45, 7) is 8.65. The van der Waals surface area contributed by atoms with Gasteiger partial charge in [-0.15, -0.1) is 0 Å². The number of carbonyl (C=O) groups is 1. The average molecular weight is 498 g/mol. The Hall–Kier alpha value is -3.03. The van der Waals surface area contributed by atoms with Gasteiger partial charge in [0.15, 0.2) is 0 Å². The summed E-state index contributed by atoms with van der Waals surface area (Å²) in [7, 11) is -3.78. The molecule has 0 bridgehead atoms. The maximum atomic E-state index is 13.3. The molecule has 0 aromatic heterocycles. The minimum atomic E-state index is -3.78. The van der Waals surface area contributed by atoms with E-state index in [4.69, 9.17) is 11.6 Å². The smallest absolute Gasteiger partial charge is 0.261 e. The molecule has 34 heavy (non-hydrogen) atoms. The lowest BCUT2D eigenvalue weighted by Crippen LogP contribution is -2.49. The summed E-state index contributed by atoms with van der Waals surface area (Å²) in [4.78, 5) is 17.5. The number of hydrogen-bond acceptors (Lipinski definition) is 4. The first kappa shape index (κ1) is 24.1.